The quantitative estimate of drug-likeness (QED) is 0.844. The lowest BCUT2D eigenvalue weighted by atomic mass is 10.0. The summed E-state index contributed by atoms with van der Waals surface area (Å²) < 4.78 is 25.1. The Morgan fingerprint density at radius 3 is 2.74 bits per heavy atom. The van der Waals surface area contributed by atoms with E-state index in [0.29, 0.717) is 6.54 Å². The van der Waals surface area contributed by atoms with E-state index in [9.17, 15) is 13.2 Å². The minimum atomic E-state index is -3.31. The maximum absolute atomic E-state index is 12.5. The van der Waals surface area contributed by atoms with Gasteiger partial charge >= 0.3 is 6.03 Å². The van der Waals surface area contributed by atoms with Crippen molar-refractivity contribution in [3.8, 4) is 0 Å². The molecule has 1 aliphatic rings. The summed E-state index contributed by atoms with van der Waals surface area (Å²) in [5.74, 6) is -0.122. The highest BCUT2D eigenvalue weighted by atomic mass is 32.2. The van der Waals surface area contributed by atoms with Gasteiger partial charge in [0.25, 0.3) is 0 Å². The van der Waals surface area contributed by atoms with Gasteiger partial charge in [-0.25, -0.2) is 17.9 Å². The second-order valence-corrected chi connectivity index (χ2v) is 7.64. The Labute approximate surface area is 137 Å². The highest BCUT2D eigenvalue weighted by molar-refractivity contribution is 7.89. The predicted octanol–water partition coefficient (Wildman–Crippen LogP) is 1.26. The molecule has 2 amide bonds. The normalized spacial score (nSPS) is 19.2. The molecule has 0 aliphatic carbocycles. The standard InChI is InChI=1S/C15H24N4O3S/c1-16-23(21,22)12-10-18-15(20)19-11-4-2-3-5-14(19)13-6-8-17-9-7-13/h6-9,14,16H,2-5,10-12H2,1H3,(H,18,20). The predicted molar refractivity (Wildman–Crippen MR) is 88.4 cm³/mol. The molecule has 0 bridgehead atoms. The number of carbonyl (C=O) groups is 1. The molecule has 128 valence electrons. The molecule has 1 fully saturated rings. The van der Waals surface area contributed by atoms with Gasteiger partial charge in [-0.2, -0.15) is 0 Å². The number of aromatic nitrogens is 1. The molecule has 0 spiro atoms. The summed E-state index contributed by atoms with van der Waals surface area (Å²) in [6.45, 7) is 0.777. The van der Waals surface area contributed by atoms with Crippen LogP contribution in [-0.2, 0) is 10.0 Å². The summed E-state index contributed by atoms with van der Waals surface area (Å²) in [5.41, 5.74) is 1.07. The summed E-state index contributed by atoms with van der Waals surface area (Å²) in [5, 5.41) is 2.72. The van der Waals surface area contributed by atoms with E-state index < -0.39 is 10.0 Å². The number of nitrogens with zero attached hydrogens (tertiary/aromatic N) is 2. The van der Waals surface area contributed by atoms with Crippen molar-refractivity contribution >= 4 is 16.1 Å². The Morgan fingerprint density at radius 1 is 1.30 bits per heavy atom. The van der Waals surface area contributed by atoms with Crippen molar-refractivity contribution < 1.29 is 13.2 Å². The van der Waals surface area contributed by atoms with Crippen LogP contribution in [0.2, 0.25) is 0 Å². The SMILES string of the molecule is CNS(=O)(=O)CCNC(=O)N1CCCCCC1c1ccncc1. The average molecular weight is 340 g/mol. The molecule has 0 saturated carbocycles. The second kappa shape index (κ2) is 8.26. The van der Waals surface area contributed by atoms with Crippen molar-refractivity contribution in [1.29, 1.82) is 0 Å². The molecular weight excluding hydrogens is 316 g/mol. The summed E-state index contributed by atoms with van der Waals surface area (Å²) in [7, 11) is -1.94. The number of likely N-dealkylation sites (tertiary alicyclic amines) is 1. The Balaban J connectivity index is 2.02. The third kappa shape index (κ3) is 5.18. The maximum atomic E-state index is 12.5. The first-order chi connectivity index (χ1) is 11.0. The summed E-state index contributed by atoms with van der Waals surface area (Å²) in [4.78, 5) is 18.3. The Kier molecular flexibility index (Phi) is 6.35. The summed E-state index contributed by atoms with van der Waals surface area (Å²) in [6, 6.07) is 3.67. The van der Waals surface area contributed by atoms with Crippen LogP contribution in [0.5, 0.6) is 0 Å². The molecule has 0 aromatic carbocycles. The molecule has 2 N–H and O–H groups in total. The molecule has 7 nitrogen and oxygen atoms in total. The number of sulfonamides is 1. The van der Waals surface area contributed by atoms with Gasteiger partial charge in [-0.05, 0) is 37.6 Å². The van der Waals surface area contributed by atoms with Crippen LogP contribution < -0.4 is 10.0 Å². The van der Waals surface area contributed by atoms with Gasteiger partial charge in [0.1, 0.15) is 0 Å². The van der Waals surface area contributed by atoms with E-state index in [4.69, 9.17) is 0 Å². The van der Waals surface area contributed by atoms with E-state index in [1.807, 2.05) is 17.0 Å². The number of hydrogen-bond acceptors (Lipinski definition) is 4. The fraction of sp³-hybridized carbons (Fsp3) is 0.600. The Bertz CT molecular complexity index is 606. The van der Waals surface area contributed by atoms with E-state index in [0.717, 1.165) is 31.2 Å². The lowest BCUT2D eigenvalue weighted by Gasteiger charge is -2.30. The zero-order valence-electron chi connectivity index (χ0n) is 13.4. The number of carbonyl (C=O) groups excluding carboxylic acids is 1. The van der Waals surface area contributed by atoms with Crippen molar-refractivity contribution in [2.24, 2.45) is 0 Å². The molecule has 1 aromatic heterocycles. The van der Waals surface area contributed by atoms with Crippen molar-refractivity contribution in [2.75, 3.05) is 25.9 Å². The fourth-order valence-electron chi connectivity index (χ4n) is 2.78. The topological polar surface area (TPSA) is 91.4 Å². The number of amides is 2. The van der Waals surface area contributed by atoms with Gasteiger partial charge in [-0.1, -0.05) is 12.8 Å². The van der Waals surface area contributed by atoms with Gasteiger partial charge in [0.2, 0.25) is 10.0 Å². The first-order valence-corrected chi connectivity index (χ1v) is 9.54. The minimum Gasteiger partial charge on any atom is -0.337 e. The molecule has 1 aliphatic heterocycles. The van der Waals surface area contributed by atoms with E-state index >= 15 is 0 Å². The van der Waals surface area contributed by atoms with Gasteiger partial charge in [0.15, 0.2) is 0 Å². The molecule has 2 rings (SSSR count). The van der Waals surface area contributed by atoms with Crippen LogP contribution in [0.25, 0.3) is 0 Å². The van der Waals surface area contributed by atoms with Gasteiger partial charge in [-0.3, -0.25) is 4.98 Å². The largest absolute Gasteiger partial charge is 0.337 e. The second-order valence-electron chi connectivity index (χ2n) is 5.59. The van der Waals surface area contributed by atoms with Gasteiger partial charge in [0.05, 0.1) is 11.8 Å². The first kappa shape index (κ1) is 17.7. The Hall–Kier alpha value is -1.67. The molecule has 2 heterocycles. The lowest BCUT2D eigenvalue weighted by Crippen LogP contribution is -2.44. The van der Waals surface area contributed by atoms with Crippen LogP contribution in [0.15, 0.2) is 24.5 Å². The molecule has 1 atom stereocenters. The fourth-order valence-corrected chi connectivity index (χ4v) is 3.35. The number of rotatable bonds is 5. The van der Waals surface area contributed by atoms with Crippen LogP contribution in [0.3, 0.4) is 0 Å². The number of pyridine rings is 1. The number of nitrogens with one attached hydrogen (secondary N) is 2. The smallest absolute Gasteiger partial charge is 0.317 e. The highest BCUT2D eigenvalue weighted by Gasteiger charge is 2.26. The van der Waals surface area contributed by atoms with Crippen LogP contribution in [0.1, 0.15) is 37.3 Å². The molecule has 8 heteroatoms. The highest BCUT2D eigenvalue weighted by Crippen LogP contribution is 2.29. The zero-order chi connectivity index (χ0) is 16.7. The van der Waals surface area contributed by atoms with E-state index in [1.54, 1.807) is 12.4 Å². The molecule has 1 unspecified atom stereocenters. The number of urea groups is 1. The number of hydrogen-bond donors (Lipinski definition) is 2. The molecule has 23 heavy (non-hydrogen) atoms. The molecule has 0 radical (unpaired) electrons. The average Bonchev–Trinajstić information content (AvgIpc) is 2.81. The van der Waals surface area contributed by atoms with E-state index in [2.05, 4.69) is 15.0 Å². The van der Waals surface area contributed by atoms with Crippen LogP contribution in [-0.4, -0.2) is 50.2 Å². The van der Waals surface area contributed by atoms with Crippen molar-refractivity contribution in [3.05, 3.63) is 30.1 Å². The molecular formula is C15H24N4O3S. The minimum absolute atomic E-state index is 0.0152. The summed E-state index contributed by atoms with van der Waals surface area (Å²) >= 11 is 0. The lowest BCUT2D eigenvalue weighted by molar-refractivity contribution is 0.176. The molecule has 1 aromatic rings. The van der Waals surface area contributed by atoms with E-state index in [1.165, 1.54) is 7.05 Å². The Morgan fingerprint density at radius 2 is 2.04 bits per heavy atom. The third-order valence-electron chi connectivity index (χ3n) is 4.06. The van der Waals surface area contributed by atoms with E-state index in [-0.39, 0.29) is 24.4 Å². The monoisotopic (exact) mass is 340 g/mol. The van der Waals surface area contributed by atoms with Crippen molar-refractivity contribution in [2.45, 2.75) is 31.7 Å². The molecule has 1 saturated heterocycles. The van der Waals surface area contributed by atoms with Crippen LogP contribution in [0.4, 0.5) is 4.79 Å². The van der Waals surface area contributed by atoms with Crippen LogP contribution in [0, 0.1) is 0 Å². The van der Waals surface area contributed by atoms with Crippen molar-refractivity contribution in [3.63, 3.8) is 0 Å². The maximum Gasteiger partial charge on any atom is 0.317 e. The first-order valence-electron chi connectivity index (χ1n) is 7.89. The van der Waals surface area contributed by atoms with Gasteiger partial charge < -0.3 is 10.2 Å². The third-order valence-corrected chi connectivity index (χ3v) is 5.43. The van der Waals surface area contributed by atoms with Gasteiger partial charge in [0, 0.05) is 25.5 Å². The summed E-state index contributed by atoms with van der Waals surface area (Å²) in [6.07, 6.45) is 7.51. The zero-order valence-corrected chi connectivity index (χ0v) is 14.2. The van der Waals surface area contributed by atoms with Crippen LogP contribution >= 0.6 is 0 Å². The van der Waals surface area contributed by atoms with Gasteiger partial charge in [-0.15, -0.1) is 0 Å². The van der Waals surface area contributed by atoms with Crippen molar-refractivity contribution in [1.82, 2.24) is 19.9 Å².